The summed E-state index contributed by atoms with van der Waals surface area (Å²) in [6.45, 7) is 6.04. The van der Waals surface area contributed by atoms with Gasteiger partial charge in [-0.3, -0.25) is 14.0 Å². The molecule has 25 heavy (non-hydrogen) atoms. The van der Waals surface area contributed by atoms with Crippen LogP contribution in [0.5, 0.6) is 0 Å². The first-order valence-electron chi connectivity index (χ1n) is 8.75. The van der Waals surface area contributed by atoms with Gasteiger partial charge in [0.25, 0.3) is 5.56 Å². The summed E-state index contributed by atoms with van der Waals surface area (Å²) in [4.78, 5) is 28.6. The summed E-state index contributed by atoms with van der Waals surface area (Å²) < 4.78 is 3.21. The zero-order valence-corrected chi connectivity index (χ0v) is 15.5. The summed E-state index contributed by atoms with van der Waals surface area (Å²) in [7, 11) is 0. The van der Waals surface area contributed by atoms with E-state index in [1.54, 1.807) is 11.3 Å². The first-order valence-corrected chi connectivity index (χ1v) is 9.63. The van der Waals surface area contributed by atoms with Crippen molar-refractivity contribution in [3.63, 3.8) is 0 Å². The minimum Gasteiger partial charge on any atom is -0.336 e. The van der Waals surface area contributed by atoms with Gasteiger partial charge in [0.2, 0.25) is 5.91 Å². The molecular formula is C18H22N4O2S. The molecule has 0 aromatic carbocycles. The number of amides is 1. The molecule has 2 atom stereocenters. The third kappa shape index (κ3) is 2.57. The lowest BCUT2D eigenvalue weighted by Crippen LogP contribution is -2.49. The average Bonchev–Trinajstić information content (AvgIpc) is 3.12. The quantitative estimate of drug-likeness (QED) is 0.708. The number of hydrogen-bond donors (Lipinski definition) is 0. The lowest BCUT2D eigenvalue weighted by Gasteiger charge is -2.39. The van der Waals surface area contributed by atoms with Crippen molar-refractivity contribution in [1.29, 1.82) is 0 Å². The lowest BCUT2D eigenvalue weighted by molar-refractivity contribution is -0.138. The number of aryl methyl sites for hydroxylation is 1. The second-order valence-corrected chi connectivity index (χ2v) is 7.88. The maximum atomic E-state index is 12.8. The summed E-state index contributed by atoms with van der Waals surface area (Å²) in [5.74, 6) is 0.700. The minimum absolute atomic E-state index is 0.00365. The lowest BCUT2D eigenvalue weighted by atomic mass is 9.97. The van der Waals surface area contributed by atoms with E-state index in [1.165, 1.54) is 4.68 Å². The molecule has 0 spiro atoms. The van der Waals surface area contributed by atoms with Crippen LogP contribution in [0.15, 0.2) is 22.3 Å². The number of hydrogen-bond acceptors (Lipinski definition) is 4. The van der Waals surface area contributed by atoms with Gasteiger partial charge in [0, 0.05) is 17.5 Å². The number of piperidine rings is 1. The maximum absolute atomic E-state index is 12.8. The van der Waals surface area contributed by atoms with Crippen molar-refractivity contribution in [2.75, 3.05) is 0 Å². The Labute approximate surface area is 149 Å². The monoisotopic (exact) mass is 358 g/mol. The topological polar surface area (TPSA) is 59.6 Å². The molecule has 7 heteroatoms. The van der Waals surface area contributed by atoms with Crippen LogP contribution >= 0.6 is 11.3 Å². The fraction of sp³-hybridized carbons (Fsp3) is 0.500. The van der Waals surface area contributed by atoms with Gasteiger partial charge < -0.3 is 4.90 Å². The van der Waals surface area contributed by atoms with Crippen LogP contribution in [-0.4, -0.2) is 37.1 Å². The third-order valence-electron chi connectivity index (χ3n) is 5.22. The summed E-state index contributed by atoms with van der Waals surface area (Å²) in [6.07, 6.45) is 3.19. The number of carbonyl (C=O) groups is 1. The second-order valence-electron chi connectivity index (χ2n) is 6.99. The van der Waals surface area contributed by atoms with Gasteiger partial charge in [-0.25, -0.2) is 4.68 Å². The van der Waals surface area contributed by atoms with Gasteiger partial charge in [0.05, 0.1) is 0 Å². The number of fused-ring (bicyclic) bond motifs is 3. The van der Waals surface area contributed by atoms with E-state index in [9.17, 15) is 9.59 Å². The first kappa shape index (κ1) is 16.3. The zero-order chi connectivity index (χ0) is 17.7. The van der Waals surface area contributed by atoms with E-state index in [0.29, 0.717) is 5.52 Å². The fourth-order valence-electron chi connectivity index (χ4n) is 4.03. The summed E-state index contributed by atoms with van der Waals surface area (Å²) in [6, 6.07) is 4.32. The first-order chi connectivity index (χ1) is 12.0. The highest BCUT2D eigenvalue weighted by Gasteiger charge is 2.29. The SMILES string of the molecule is Cc1nn(CC(=O)N2[C@H](C)CCC[C@@H]2C)c(=O)c2cc3ccsc3n12. The van der Waals surface area contributed by atoms with Crippen molar-refractivity contribution in [2.45, 2.75) is 58.7 Å². The van der Waals surface area contributed by atoms with E-state index in [4.69, 9.17) is 0 Å². The van der Waals surface area contributed by atoms with E-state index in [-0.39, 0.29) is 30.1 Å². The minimum atomic E-state index is -0.209. The molecule has 1 amide bonds. The van der Waals surface area contributed by atoms with Gasteiger partial charge in [-0.1, -0.05) is 0 Å². The third-order valence-corrected chi connectivity index (χ3v) is 6.13. The molecule has 6 nitrogen and oxygen atoms in total. The van der Waals surface area contributed by atoms with Crippen LogP contribution in [0.2, 0.25) is 0 Å². The Morgan fingerprint density at radius 2 is 2.04 bits per heavy atom. The van der Waals surface area contributed by atoms with Crippen LogP contribution in [0.25, 0.3) is 15.7 Å². The van der Waals surface area contributed by atoms with Gasteiger partial charge in [-0.2, -0.15) is 5.10 Å². The predicted octanol–water partition coefficient (Wildman–Crippen LogP) is 2.81. The molecule has 4 rings (SSSR count). The van der Waals surface area contributed by atoms with Gasteiger partial charge in [0.1, 0.15) is 22.7 Å². The molecule has 3 aromatic heterocycles. The smallest absolute Gasteiger partial charge is 0.291 e. The highest BCUT2D eigenvalue weighted by molar-refractivity contribution is 7.16. The summed E-state index contributed by atoms with van der Waals surface area (Å²) in [5.41, 5.74) is 0.376. The van der Waals surface area contributed by atoms with Crippen molar-refractivity contribution < 1.29 is 4.79 Å². The van der Waals surface area contributed by atoms with Gasteiger partial charge in [-0.05, 0) is 57.5 Å². The normalized spacial score (nSPS) is 21.3. The number of thiophene rings is 1. The molecule has 0 N–H and O–H groups in total. The number of aromatic nitrogens is 3. The van der Waals surface area contributed by atoms with Crippen LogP contribution < -0.4 is 5.56 Å². The Balaban J connectivity index is 1.73. The van der Waals surface area contributed by atoms with Gasteiger partial charge >= 0.3 is 0 Å². The molecule has 0 radical (unpaired) electrons. The van der Waals surface area contributed by atoms with E-state index < -0.39 is 0 Å². The van der Waals surface area contributed by atoms with Crippen molar-refractivity contribution >= 4 is 33.0 Å². The Kier molecular flexibility index (Phi) is 3.91. The molecule has 132 valence electrons. The second kappa shape index (κ2) is 5.98. The zero-order valence-electron chi connectivity index (χ0n) is 14.7. The van der Waals surface area contributed by atoms with E-state index in [1.807, 2.05) is 33.7 Å². The van der Waals surface area contributed by atoms with E-state index in [2.05, 4.69) is 18.9 Å². The number of likely N-dealkylation sites (tertiary alicyclic amines) is 1. The fourth-order valence-corrected chi connectivity index (χ4v) is 4.97. The van der Waals surface area contributed by atoms with Crippen LogP contribution in [-0.2, 0) is 11.3 Å². The molecule has 0 bridgehead atoms. The molecule has 0 aliphatic carbocycles. The number of nitrogens with zero attached hydrogens (tertiary/aromatic N) is 4. The Bertz CT molecular complexity index is 1010. The molecule has 1 aliphatic rings. The summed E-state index contributed by atoms with van der Waals surface area (Å²) in [5, 5.41) is 7.46. The van der Waals surface area contributed by atoms with Crippen molar-refractivity contribution in [3.8, 4) is 0 Å². The predicted molar refractivity (Wildman–Crippen MR) is 99.2 cm³/mol. The van der Waals surface area contributed by atoms with Crippen LogP contribution in [0.1, 0.15) is 38.9 Å². The van der Waals surface area contributed by atoms with Crippen LogP contribution in [0, 0.1) is 6.92 Å². The highest BCUT2D eigenvalue weighted by atomic mass is 32.1. The van der Waals surface area contributed by atoms with Crippen molar-refractivity contribution in [3.05, 3.63) is 33.7 Å². The number of rotatable bonds is 2. The van der Waals surface area contributed by atoms with E-state index >= 15 is 0 Å². The summed E-state index contributed by atoms with van der Waals surface area (Å²) >= 11 is 1.59. The molecular weight excluding hydrogens is 336 g/mol. The highest BCUT2D eigenvalue weighted by Crippen LogP contribution is 2.25. The molecule has 3 aromatic rings. The Hall–Kier alpha value is -2.15. The van der Waals surface area contributed by atoms with Crippen LogP contribution in [0.3, 0.4) is 0 Å². The maximum Gasteiger partial charge on any atom is 0.291 e. The molecule has 4 heterocycles. The van der Waals surface area contributed by atoms with Crippen molar-refractivity contribution in [1.82, 2.24) is 19.1 Å². The largest absolute Gasteiger partial charge is 0.336 e. The average molecular weight is 358 g/mol. The molecule has 1 saturated heterocycles. The van der Waals surface area contributed by atoms with Crippen LogP contribution in [0.4, 0.5) is 0 Å². The molecule has 1 fully saturated rings. The number of carbonyl (C=O) groups excluding carboxylic acids is 1. The molecule has 0 saturated carbocycles. The standard InChI is InChI=1S/C18H22N4O2S/c1-11-5-4-6-12(2)21(11)16(23)10-20-17(24)15-9-14-7-8-25-18(14)22(15)13(3)19-20/h7-9,11-12H,4-6,10H2,1-3H3/t11-,12+. The van der Waals surface area contributed by atoms with Gasteiger partial charge in [-0.15, -0.1) is 11.3 Å². The van der Waals surface area contributed by atoms with E-state index in [0.717, 1.165) is 35.3 Å². The van der Waals surface area contributed by atoms with Gasteiger partial charge in [0.15, 0.2) is 0 Å². The Morgan fingerprint density at radius 1 is 1.32 bits per heavy atom. The molecule has 0 unspecified atom stereocenters. The Morgan fingerprint density at radius 3 is 2.76 bits per heavy atom. The molecule has 1 aliphatic heterocycles. The van der Waals surface area contributed by atoms with Crippen molar-refractivity contribution in [2.24, 2.45) is 0 Å².